The van der Waals surface area contributed by atoms with Crippen LogP contribution >= 0.6 is 0 Å². The minimum Gasteiger partial charge on any atom is -0.0776 e. The number of rotatable bonds is 1. The van der Waals surface area contributed by atoms with E-state index in [2.05, 4.69) is 6.92 Å². The SMILES string of the molecule is CCC1CC1.[3H]C. The minimum atomic E-state index is 1.13. The fourth-order valence-corrected chi connectivity index (χ4v) is 0.526. The molecule has 0 aromatic heterocycles. The monoisotopic (exact) mass is 88.1 g/mol. The third kappa shape index (κ3) is 1.44. The molecular weight excluding hydrogens is 72.1 g/mol. The van der Waals surface area contributed by atoms with Gasteiger partial charge in [-0.25, -0.2) is 0 Å². The Labute approximate surface area is 42.0 Å². The molecule has 0 aromatic rings. The van der Waals surface area contributed by atoms with E-state index < -0.39 is 0 Å². The van der Waals surface area contributed by atoms with Gasteiger partial charge in [0.05, 0.1) is 0 Å². The summed E-state index contributed by atoms with van der Waals surface area (Å²) in [5.41, 5.74) is 0. The van der Waals surface area contributed by atoms with Crippen LogP contribution in [0.25, 0.3) is 0 Å². The lowest BCUT2D eigenvalue weighted by Crippen LogP contribution is -1.59. The zero-order valence-corrected chi connectivity index (χ0v) is 4.70. The molecule has 0 atom stereocenters. The Morgan fingerprint density at radius 2 is 2.33 bits per heavy atom. The number of hydrogen-bond donors (Lipinski definition) is 0. The molecule has 0 N–H and O–H groups in total. The Morgan fingerprint density at radius 1 is 1.83 bits per heavy atom. The summed E-state index contributed by atoms with van der Waals surface area (Å²) in [6.45, 7) is 2.26. The van der Waals surface area contributed by atoms with Crippen LogP contribution in [0, 0.1) is 5.92 Å². The number of hydrogen-bond acceptors (Lipinski definition) is 0. The molecule has 0 heteroatoms. The summed E-state index contributed by atoms with van der Waals surface area (Å²) in [6.07, 6.45) is 4.44. The van der Waals surface area contributed by atoms with E-state index in [4.69, 9.17) is 1.37 Å². The van der Waals surface area contributed by atoms with Gasteiger partial charge < -0.3 is 0 Å². The van der Waals surface area contributed by atoms with Gasteiger partial charge in [0.2, 0.25) is 0 Å². The predicted octanol–water partition coefficient (Wildman–Crippen LogP) is 2.44. The summed E-state index contributed by atoms with van der Waals surface area (Å²) in [6, 6.07) is 0. The van der Waals surface area contributed by atoms with E-state index in [0.29, 0.717) is 0 Å². The molecule has 1 rings (SSSR count). The first kappa shape index (κ1) is 4.17. The molecule has 0 aliphatic heterocycles. The highest BCUT2D eigenvalue weighted by Crippen LogP contribution is 2.31. The van der Waals surface area contributed by atoms with Crippen LogP contribution in [0.3, 0.4) is 0 Å². The molecule has 0 radical (unpaired) electrons. The van der Waals surface area contributed by atoms with Gasteiger partial charge in [-0.1, -0.05) is 33.6 Å². The largest absolute Gasteiger partial charge is 0.0776 e. The van der Waals surface area contributed by atoms with E-state index in [0.717, 1.165) is 5.92 Å². The van der Waals surface area contributed by atoms with Crippen LogP contribution in [0.15, 0.2) is 0 Å². The predicted molar refractivity (Wildman–Crippen MR) is 29.7 cm³/mol. The van der Waals surface area contributed by atoms with Crippen molar-refractivity contribution in [2.45, 2.75) is 33.6 Å². The molecule has 1 saturated carbocycles. The fourth-order valence-electron chi connectivity index (χ4n) is 0.526. The Hall–Kier alpha value is 0. The van der Waals surface area contributed by atoms with Gasteiger partial charge in [0, 0.05) is 1.37 Å². The summed E-state index contributed by atoms with van der Waals surface area (Å²) in [7, 11) is 1.25. The molecular formula is C6H14. The maximum Gasteiger partial charge on any atom is 0.0194 e. The molecule has 0 aromatic carbocycles. The smallest absolute Gasteiger partial charge is 0.0194 e. The molecule has 0 amide bonds. The molecule has 38 valence electrons. The van der Waals surface area contributed by atoms with E-state index in [-0.39, 0.29) is 0 Å². The van der Waals surface area contributed by atoms with Crippen molar-refractivity contribution < 1.29 is 1.37 Å². The molecule has 0 spiro atoms. The average molecular weight is 88.2 g/mol. The van der Waals surface area contributed by atoms with Crippen LogP contribution in [-0.4, -0.2) is 0 Å². The zero-order chi connectivity index (χ0) is 5.70. The summed E-state index contributed by atoms with van der Waals surface area (Å²) >= 11 is 0. The average Bonchev–Trinajstić information content (AvgIpc) is 2.52. The molecule has 0 bridgehead atoms. The first-order chi connectivity index (χ1) is 3.43. The fraction of sp³-hybridized carbons (Fsp3) is 1.00. The van der Waals surface area contributed by atoms with Gasteiger partial charge in [-0.05, 0) is 5.92 Å². The second-order valence-electron chi connectivity index (χ2n) is 1.85. The van der Waals surface area contributed by atoms with E-state index in [1.165, 1.54) is 26.7 Å². The molecule has 1 fully saturated rings. The maximum absolute atomic E-state index is 5.75. The van der Waals surface area contributed by atoms with E-state index in [9.17, 15) is 0 Å². The van der Waals surface area contributed by atoms with Crippen LogP contribution in [0.4, 0.5) is 0 Å². The van der Waals surface area contributed by atoms with E-state index >= 15 is 0 Å². The van der Waals surface area contributed by atoms with Gasteiger partial charge in [-0.2, -0.15) is 0 Å². The highest BCUT2D eigenvalue weighted by molar-refractivity contribution is 4.69. The van der Waals surface area contributed by atoms with E-state index in [1.807, 2.05) is 0 Å². The molecule has 0 unspecified atom stereocenters. The van der Waals surface area contributed by atoms with E-state index in [1.54, 1.807) is 0 Å². The summed E-state index contributed by atoms with van der Waals surface area (Å²) in [5, 5.41) is 0. The molecule has 6 heavy (non-hydrogen) atoms. The highest BCUT2D eigenvalue weighted by atomic mass is 14.2. The van der Waals surface area contributed by atoms with Crippen molar-refractivity contribution in [3.8, 4) is 0 Å². The van der Waals surface area contributed by atoms with Crippen LogP contribution in [-0.2, 0) is 0 Å². The first-order valence-corrected chi connectivity index (χ1v) is 2.43. The molecule has 1 aliphatic rings. The van der Waals surface area contributed by atoms with Crippen LogP contribution in [0.5, 0.6) is 0 Å². The zero-order valence-electron chi connectivity index (χ0n) is 5.70. The Balaban J connectivity index is 0.000000162. The summed E-state index contributed by atoms with van der Waals surface area (Å²) < 4.78 is 5.75. The van der Waals surface area contributed by atoms with Gasteiger partial charge in [-0.15, -0.1) is 0 Å². The lowest BCUT2D eigenvalue weighted by Gasteiger charge is -1.72. The molecule has 0 nitrogen and oxygen atoms in total. The van der Waals surface area contributed by atoms with Crippen molar-refractivity contribution >= 4 is 0 Å². The van der Waals surface area contributed by atoms with Gasteiger partial charge >= 0.3 is 0 Å². The molecule has 1 aliphatic carbocycles. The minimum absolute atomic E-state index is 1.13. The molecule has 0 heterocycles. The third-order valence-corrected chi connectivity index (χ3v) is 1.27. The van der Waals surface area contributed by atoms with Gasteiger partial charge in [0.15, 0.2) is 0 Å². The van der Waals surface area contributed by atoms with Crippen LogP contribution < -0.4 is 0 Å². The first-order valence-electron chi connectivity index (χ1n) is 3.43. The second-order valence-corrected chi connectivity index (χ2v) is 1.85. The van der Waals surface area contributed by atoms with Crippen LogP contribution in [0.1, 0.15) is 35.0 Å². The van der Waals surface area contributed by atoms with Crippen molar-refractivity contribution in [1.82, 2.24) is 0 Å². The van der Waals surface area contributed by atoms with Gasteiger partial charge in [0.25, 0.3) is 0 Å². The van der Waals surface area contributed by atoms with Crippen molar-refractivity contribution in [3.05, 3.63) is 0 Å². The normalized spacial score (nSPS) is 20.7. The summed E-state index contributed by atoms with van der Waals surface area (Å²) in [4.78, 5) is 0. The molecule has 0 saturated heterocycles. The lowest BCUT2D eigenvalue weighted by molar-refractivity contribution is 0.799. The highest BCUT2D eigenvalue weighted by Gasteiger charge is 2.17. The lowest BCUT2D eigenvalue weighted by atomic mass is 10.3. The topological polar surface area (TPSA) is 0 Å². The maximum atomic E-state index is 5.75. The van der Waals surface area contributed by atoms with Gasteiger partial charge in [-0.3, -0.25) is 0 Å². The summed E-state index contributed by atoms with van der Waals surface area (Å²) in [5.74, 6) is 1.13. The quantitative estimate of drug-likeness (QED) is 0.462. The Bertz CT molecular complexity index is 31.2. The van der Waals surface area contributed by atoms with Crippen LogP contribution in [0.2, 0.25) is 0 Å². The van der Waals surface area contributed by atoms with Crippen molar-refractivity contribution in [1.29, 1.82) is 0 Å². The van der Waals surface area contributed by atoms with Crippen molar-refractivity contribution in [3.63, 3.8) is 0 Å². The Morgan fingerprint density at radius 3 is 2.33 bits per heavy atom. The van der Waals surface area contributed by atoms with Gasteiger partial charge in [0.1, 0.15) is 0 Å². The standard InChI is InChI=1S/C5H10.CH4/c1-2-5-3-4-5;/h5H,2-4H2,1H3;1H4/i;1T. The third-order valence-electron chi connectivity index (χ3n) is 1.27. The Kier molecular flexibility index (Phi) is 1.54. The van der Waals surface area contributed by atoms with Crippen molar-refractivity contribution in [2.75, 3.05) is 0 Å². The van der Waals surface area contributed by atoms with Crippen molar-refractivity contribution in [2.24, 2.45) is 5.92 Å². The second kappa shape index (κ2) is 2.22.